The van der Waals surface area contributed by atoms with Crippen LogP contribution in [0.15, 0.2) is 18.7 Å². The van der Waals surface area contributed by atoms with E-state index in [1.165, 1.54) is 38.6 Å². The Morgan fingerprint density at radius 1 is 1.20 bits per heavy atom. The lowest BCUT2D eigenvalue weighted by Crippen LogP contribution is -2.33. The van der Waals surface area contributed by atoms with E-state index in [0.717, 1.165) is 24.1 Å². The number of nitrogens with zero attached hydrogens (tertiary/aromatic N) is 5. The molecule has 1 saturated carbocycles. The summed E-state index contributed by atoms with van der Waals surface area (Å²) >= 11 is 0. The Morgan fingerprint density at radius 2 is 2.10 bits per heavy atom. The summed E-state index contributed by atoms with van der Waals surface area (Å²) in [5.74, 6) is 0.850. The van der Waals surface area contributed by atoms with Gasteiger partial charge < -0.3 is 5.32 Å². The average Bonchev–Trinajstić information content (AvgIpc) is 3.20. The smallest absolute Gasteiger partial charge is 0.203 e. The van der Waals surface area contributed by atoms with Crippen LogP contribution in [0.3, 0.4) is 0 Å². The largest absolute Gasteiger partial charge is 0.363 e. The molecule has 0 aromatic carbocycles. The Labute approximate surface area is 118 Å². The Hall–Kier alpha value is -1.69. The van der Waals surface area contributed by atoms with Gasteiger partial charge in [-0.15, -0.1) is 10.2 Å². The van der Waals surface area contributed by atoms with Gasteiger partial charge in [0.2, 0.25) is 5.65 Å². The predicted molar refractivity (Wildman–Crippen MR) is 76.6 cm³/mol. The van der Waals surface area contributed by atoms with E-state index in [0.29, 0.717) is 6.04 Å². The molecule has 2 aromatic heterocycles. The summed E-state index contributed by atoms with van der Waals surface area (Å²) in [6.07, 6.45) is 12.1. The molecule has 2 aromatic rings. The maximum Gasteiger partial charge on any atom is 0.203 e. The SMILES string of the molecule is c1cn2cnnc2c(NC2CCN(C3CCCC3)C2)n1. The van der Waals surface area contributed by atoms with Crippen molar-refractivity contribution in [2.24, 2.45) is 0 Å². The van der Waals surface area contributed by atoms with Gasteiger partial charge in [0.25, 0.3) is 0 Å². The molecule has 20 heavy (non-hydrogen) atoms. The molecule has 1 N–H and O–H groups in total. The third kappa shape index (κ3) is 2.14. The monoisotopic (exact) mass is 272 g/mol. The van der Waals surface area contributed by atoms with Gasteiger partial charge in [-0.05, 0) is 19.3 Å². The molecule has 3 heterocycles. The van der Waals surface area contributed by atoms with Crippen LogP contribution in [0.2, 0.25) is 0 Å². The Bertz CT molecular complexity index is 588. The van der Waals surface area contributed by atoms with Crippen molar-refractivity contribution >= 4 is 11.5 Å². The lowest BCUT2D eigenvalue weighted by Gasteiger charge is -2.23. The van der Waals surface area contributed by atoms with Crippen LogP contribution in [0.5, 0.6) is 0 Å². The summed E-state index contributed by atoms with van der Waals surface area (Å²) in [6.45, 7) is 2.33. The zero-order valence-corrected chi connectivity index (χ0v) is 11.6. The second-order valence-corrected chi connectivity index (χ2v) is 5.90. The number of hydrogen-bond acceptors (Lipinski definition) is 5. The highest BCUT2D eigenvalue weighted by Crippen LogP contribution is 2.27. The van der Waals surface area contributed by atoms with Crippen molar-refractivity contribution in [1.29, 1.82) is 0 Å². The van der Waals surface area contributed by atoms with Crippen LogP contribution in [-0.4, -0.2) is 49.7 Å². The Kier molecular flexibility index (Phi) is 3.03. The van der Waals surface area contributed by atoms with Crippen molar-refractivity contribution in [1.82, 2.24) is 24.5 Å². The van der Waals surface area contributed by atoms with E-state index < -0.39 is 0 Å². The molecular weight excluding hydrogens is 252 g/mol. The first-order valence-electron chi connectivity index (χ1n) is 7.55. The summed E-state index contributed by atoms with van der Waals surface area (Å²) in [4.78, 5) is 7.06. The van der Waals surface area contributed by atoms with Crippen molar-refractivity contribution in [3.63, 3.8) is 0 Å². The van der Waals surface area contributed by atoms with Gasteiger partial charge in [0.05, 0.1) is 0 Å². The minimum atomic E-state index is 0.478. The number of nitrogens with one attached hydrogen (secondary N) is 1. The Morgan fingerprint density at radius 3 is 3.00 bits per heavy atom. The van der Waals surface area contributed by atoms with E-state index in [-0.39, 0.29) is 0 Å². The highest BCUT2D eigenvalue weighted by molar-refractivity contribution is 5.61. The molecule has 1 atom stereocenters. The molecule has 2 aliphatic rings. The molecule has 0 radical (unpaired) electrons. The molecule has 2 fully saturated rings. The predicted octanol–water partition coefficient (Wildman–Crippen LogP) is 1.55. The molecule has 6 nitrogen and oxygen atoms in total. The van der Waals surface area contributed by atoms with Crippen LogP contribution in [0.25, 0.3) is 5.65 Å². The van der Waals surface area contributed by atoms with Gasteiger partial charge in [0, 0.05) is 37.6 Å². The van der Waals surface area contributed by atoms with Gasteiger partial charge in [-0.25, -0.2) is 4.98 Å². The lowest BCUT2D eigenvalue weighted by molar-refractivity contribution is 0.245. The first kappa shape index (κ1) is 12.1. The van der Waals surface area contributed by atoms with Crippen molar-refractivity contribution in [3.05, 3.63) is 18.7 Å². The molecule has 4 rings (SSSR count). The fourth-order valence-corrected chi connectivity index (χ4v) is 3.56. The minimum absolute atomic E-state index is 0.478. The number of rotatable bonds is 3. The van der Waals surface area contributed by atoms with Crippen LogP contribution in [0, 0.1) is 0 Å². The third-order valence-corrected chi connectivity index (χ3v) is 4.62. The van der Waals surface area contributed by atoms with Crippen molar-refractivity contribution in [2.75, 3.05) is 18.4 Å². The molecule has 6 heteroatoms. The van der Waals surface area contributed by atoms with Crippen LogP contribution in [0.4, 0.5) is 5.82 Å². The topological polar surface area (TPSA) is 58.4 Å². The highest BCUT2D eigenvalue weighted by Gasteiger charge is 2.30. The van der Waals surface area contributed by atoms with Gasteiger partial charge in [0.1, 0.15) is 6.33 Å². The molecule has 0 bridgehead atoms. The molecular formula is C14H20N6. The summed E-state index contributed by atoms with van der Waals surface area (Å²) in [7, 11) is 0. The van der Waals surface area contributed by atoms with Crippen LogP contribution in [-0.2, 0) is 0 Å². The average molecular weight is 272 g/mol. The number of anilines is 1. The molecule has 1 aliphatic carbocycles. The quantitative estimate of drug-likeness (QED) is 0.918. The van der Waals surface area contributed by atoms with Crippen LogP contribution in [0.1, 0.15) is 32.1 Å². The van der Waals surface area contributed by atoms with E-state index in [1.807, 2.05) is 10.6 Å². The molecule has 1 saturated heterocycles. The van der Waals surface area contributed by atoms with Gasteiger partial charge in [0.15, 0.2) is 5.82 Å². The van der Waals surface area contributed by atoms with Crippen molar-refractivity contribution < 1.29 is 0 Å². The van der Waals surface area contributed by atoms with Crippen LogP contribution >= 0.6 is 0 Å². The standard InChI is InChI=1S/C14H20N6/c1-2-4-12(3-1)19-7-5-11(9-19)17-13-14-18-16-10-20(14)8-6-15-13/h6,8,10-12H,1-5,7,9H2,(H,15,17). The molecule has 0 spiro atoms. The second kappa shape index (κ2) is 5.01. The van der Waals surface area contributed by atoms with Gasteiger partial charge >= 0.3 is 0 Å². The maximum absolute atomic E-state index is 4.41. The number of likely N-dealkylation sites (tertiary alicyclic amines) is 1. The minimum Gasteiger partial charge on any atom is -0.363 e. The zero-order chi connectivity index (χ0) is 13.4. The van der Waals surface area contributed by atoms with E-state index in [4.69, 9.17) is 0 Å². The van der Waals surface area contributed by atoms with E-state index >= 15 is 0 Å². The first-order chi connectivity index (χ1) is 9.90. The van der Waals surface area contributed by atoms with E-state index in [9.17, 15) is 0 Å². The maximum atomic E-state index is 4.41. The van der Waals surface area contributed by atoms with Gasteiger partial charge in [-0.3, -0.25) is 9.30 Å². The van der Waals surface area contributed by atoms with Crippen molar-refractivity contribution in [3.8, 4) is 0 Å². The van der Waals surface area contributed by atoms with Gasteiger partial charge in [-0.1, -0.05) is 12.8 Å². The molecule has 1 aliphatic heterocycles. The number of hydrogen-bond donors (Lipinski definition) is 1. The lowest BCUT2D eigenvalue weighted by atomic mass is 10.2. The van der Waals surface area contributed by atoms with Crippen LogP contribution < -0.4 is 5.32 Å². The second-order valence-electron chi connectivity index (χ2n) is 5.90. The summed E-state index contributed by atoms with van der Waals surface area (Å²) in [5.41, 5.74) is 0.812. The normalized spacial score (nSPS) is 24.7. The molecule has 0 amide bonds. The Balaban J connectivity index is 1.46. The number of fused-ring (bicyclic) bond motifs is 1. The molecule has 106 valence electrons. The van der Waals surface area contributed by atoms with E-state index in [2.05, 4.69) is 25.4 Å². The molecule has 1 unspecified atom stereocenters. The third-order valence-electron chi connectivity index (χ3n) is 4.62. The first-order valence-corrected chi connectivity index (χ1v) is 7.55. The fraction of sp³-hybridized carbons (Fsp3) is 0.643. The summed E-state index contributed by atoms with van der Waals surface area (Å²) in [5, 5.41) is 11.6. The zero-order valence-electron chi connectivity index (χ0n) is 11.6. The fourth-order valence-electron chi connectivity index (χ4n) is 3.56. The summed E-state index contributed by atoms with van der Waals surface area (Å²) < 4.78 is 1.90. The summed E-state index contributed by atoms with van der Waals surface area (Å²) in [6, 6.07) is 1.30. The highest BCUT2D eigenvalue weighted by atomic mass is 15.3. The van der Waals surface area contributed by atoms with Crippen molar-refractivity contribution in [2.45, 2.75) is 44.2 Å². The number of aromatic nitrogens is 4. The van der Waals surface area contributed by atoms with E-state index in [1.54, 1.807) is 12.5 Å². The van der Waals surface area contributed by atoms with Gasteiger partial charge in [-0.2, -0.15) is 0 Å².